The minimum absolute atomic E-state index is 0.316. The first kappa shape index (κ1) is 11.2. The summed E-state index contributed by atoms with van der Waals surface area (Å²) in [5, 5.41) is 0. The number of hydrogen-bond donors (Lipinski definition) is 0. The Morgan fingerprint density at radius 2 is 2.00 bits per heavy atom. The number of rotatable bonds is 1. The maximum atomic E-state index is 4.86. The Morgan fingerprint density at radius 3 is 2.83 bits per heavy atom. The fourth-order valence-electron chi connectivity index (χ4n) is 2.39. The van der Waals surface area contributed by atoms with Crippen LogP contribution in [0.15, 0.2) is 59.1 Å². The van der Waals surface area contributed by atoms with E-state index >= 15 is 0 Å². The molecule has 18 heavy (non-hydrogen) atoms. The van der Waals surface area contributed by atoms with E-state index in [1.165, 1.54) is 22.3 Å². The molecule has 3 rings (SSSR count). The van der Waals surface area contributed by atoms with Crippen LogP contribution in [-0.4, -0.2) is 11.8 Å². The molecule has 1 aliphatic carbocycles. The highest BCUT2D eigenvalue weighted by Crippen LogP contribution is 2.23. The van der Waals surface area contributed by atoms with E-state index in [1.807, 2.05) is 0 Å². The Kier molecular flexibility index (Phi) is 2.75. The van der Waals surface area contributed by atoms with E-state index < -0.39 is 0 Å². The number of allylic oxidation sites excluding steroid dienone is 3. The van der Waals surface area contributed by atoms with Crippen molar-refractivity contribution >= 4 is 5.71 Å². The molecule has 0 radical (unpaired) electrons. The Labute approximate surface area is 108 Å². The second-order valence-corrected chi connectivity index (χ2v) is 4.99. The molecule has 0 spiro atoms. The molecular formula is C17H17N. The minimum atomic E-state index is 0.316. The van der Waals surface area contributed by atoms with E-state index in [1.54, 1.807) is 0 Å². The first-order chi connectivity index (χ1) is 8.74. The summed E-state index contributed by atoms with van der Waals surface area (Å²) in [6.45, 7) is 4.30. The lowest BCUT2D eigenvalue weighted by atomic mass is 9.94. The lowest BCUT2D eigenvalue weighted by molar-refractivity contribution is 0.790. The maximum absolute atomic E-state index is 4.86. The predicted molar refractivity (Wildman–Crippen MR) is 77.2 cm³/mol. The zero-order valence-corrected chi connectivity index (χ0v) is 10.9. The van der Waals surface area contributed by atoms with Crippen molar-refractivity contribution in [2.45, 2.75) is 26.3 Å². The highest BCUT2D eigenvalue weighted by Gasteiger charge is 2.17. The number of aryl methyl sites for hydroxylation is 2. The summed E-state index contributed by atoms with van der Waals surface area (Å²) in [5.41, 5.74) is 6.32. The Bertz CT molecular complexity index is 600. The van der Waals surface area contributed by atoms with E-state index in [-0.39, 0.29) is 0 Å². The second-order valence-electron chi connectivity index (χ2n) is 4.99. The SMILES string of the molecule is Cc1ccc(C2=NC3CC=CC=C3C=C2)cc1C. The Morgan fingerprint density at radius 1 is 1.11 bits per heavy atom. The largest absolute Gasteiger partial charge is 0.276 e. The Balaban J connectivity index is 1.96. The van der Waals surface area contributed by atoms with Crippen molar-refractivity contribution < 1.29 is 0 Å². The number of benzene rings is 1. The summed E-state index contributed by atoms with van der Waals surface area (Å²) in [4.78, 5) is 4.86. The van der Waals surface area contributed by atoms with Gasteiger partial charge in [0.05, 0.1) is 11.8 Å². The normalized spacial score (nSPS) is 21.3. The van der Waals surface area contributed by atoms with Crippen LogP contribution in [-0.2, 0) is 0 Å². The fraction of sp³-hybridized carbons (Fsp3) is 0.235. The number of nitrogens with zero attached hydrogens (tertiary/aromatic N) is 1. The van der Waals surface area contributed by atoms with Crippen LogP contribution < -0.4 is 0 Å². The minimum Gasteiger partial charge on any atom is -0.276 e. The van der Waals surface area contributed by atoms with Crippen LogP contribution in [0.5, 0.6) is 0 Å². The fourth-order valence-corrected chi connectivity index (χ4v) is 2.39. The lowest BCUT2D eigenvalue weighted by Crippen LogP contribution is -2.16. The van der Waals surface area contributed by atoms with Crippen LogP contribution in [0.1, 0.15) is 23.1 Å². The highest BCUT2D eigenvalue weighted by atomic mass is 14.8. The van der Waals surface area contributed by atoms with Crippen molar-refractivity contribution in [3.63, 3.8) is 0 Å². The van der Waals surface area contributed by atoms with E-state index in [9.17, 15) is 0 Å². The molecule has 1 aromatic rings. The van der Waals surface area contributed by atoms with Gasteiger partial charge in [0.1, 0.15) is 0 Å². The van der Waals surface area contributed by atoms with Crippen LogP contribution in [0.2, 0.25) is 0 Å². The van der Waals surface area contributed by atoms with Gasteiger partial charge < -0.3 is 0 Å². The molecule has 0 saturated heterocycles. The standard InChI is InChI=1S/C17H17N/c1-12-7-8-15(11-13(12)2)17-10-9-14-5-3-4-6-16(14)18-17/h3-5,7-11,16H,6H2,1-2H3. The van der Waals surface area contributed by atoms with E-state index in [0.717, 1.165) is 12.1 Å². The van der Waals surface area contributed by atoms with Gasteiger partial charge in [-0.3, -0.25) is 4.99 Å². The third kappa shape index (κ3) is 1.97. The van der Waals surface area contributed by atoms with Crippen molar-refractivity contribution in [1.29, 1.82) is 0 Å². The van der Waals surface area contributed by atoms with Crippen LogP contribution in [0, 0.1) is 13.8 Å². The van der Waals surface area contributed by atoms with Gasteiger partial charge in [-0.2, -0.15) is 0 Å². The molecule has 2 aliphatic rings. The van der Waals surface area contributed by atoms with Crippen LogP contribution in [0.4, 0.5) is 0 Å². The number of fused-ring (bicyclic) bond motifs is 1. The Hall–Kier alpha value is -1.89. The van der Waals surface area contributed by atoms with Gasteiger partial charge in [-0.1, -0.05) is 36.4 Å². The lowest BCUT2D eigenvalue weighted by Gasteiger charge is -2.20. The van der Waals surface area contributed by atoms with Crippen molar-refractivity contribution in [3.8, 4) is 0 Å². The zero-order valence-electron chi connectivity index (χ0n) is 10.9. The van der Waals surface area contributed by atoms with Gasteiger partial charge in [0.15, 0.2) is 0 Å². The van der Waals surface area contributed by atoms with Gasteiger partial charge >= 0.3 is 0 Å². The molecule has 1 unspecified atom stereocenters. The van der Waals surface area contributed by atoms with E-state index in [2.05, 4.69) is 62.4 Å². The molecule has 1 heteroatoms. The first-order valence-corrected chi connectivity index (χ1v) is 6.44. The molecule has 0 amide bonds. The summed E-state index contributed by atoms with van der Waals surface area (Å²) in [7, 11) is 0. The number of aliphatic imine (C=N–C) groups is 1. The molecule has 0 fully saturated rings. The monoisotopic (exact) mass is 235 g/mol. The van der Waals surface area contributed by atoms with Crippen LogP contribution >= 0.6 is 0 Å². The molecule has 1 nitrogen and oxygen atoms in total. The van der Waals surface area contributed by atoms with Gasteiger partial charge in [-0.05, 0) is 54.7 Å². The summed E-state index contributed by atoms with van der Waals surface area (Å²) in [6, 6.07) is 6.88. The first-order valence-electron chi connectivity index (χ1n) is 6.44. The van der Waals surface area contributed by atoms with Gasteiger partial charge in [0.2, 0.25) is 0 Å². The average Bonchev–Trinajstić information content (AvgIpc) is 2.41. The van der Waals surface area contributed by atoms with Crippen molar-refractivity contribution in [2.75, 3.05) is 0 Å². The summed E-state index contributed by atoms with van der Waals surface area (Å²) in [5.74, 6) is 0. The number of dihydropyridines is 1. The molecule has 0 N–H and O–H groups in total. The average molecular weight is 235 g/mol. The van der Waals surface area contributed by atoms with Gasteiger partial charge in [-0.25, -0.2) is 0 Å². The molecular weight excluding hydrogens is 218 g/mol. The highest BCUT2D eigenvalue weighted by molar-refractivity contribution is 6.10. The quantitative estimate of drug-likeness (QED) is 0.699. The molecule has 0 bridgehead atoms. The topological polar surface area (TPSA) is 12.4 Å². The summed E-state index contributed by atoms with van der Waals surface area (Å²) < 4.78 is 0. The molecule has 90 valence electrons. The van der Waals surface area contributed by atoms with E-state index in [0.29, 0.717) is 6.04 Å². The summed E-state index contributed by atoms with van der Waals surface area (Å²) >= 11 is 0. The maximum Gasteiger partial charge on any atom is 0.0790 e. The molecule has 1 heterocycles. The third-order valence-corrected chi connectivity index (χ3v) is 3.70. The molecule has 0 saturated carbocycles. The molecule has 1 atom stereocenters. The third-order valence-electron chi connectivity index (χ3n) is 3.70. The smallest absolute Gasteiger partial charge is 0.0790 e. The van der Waals surface area contributed by atoms with Crippen molar-refractivity contribution in [3.05, 3.63) is 70.8 Å². The predicted octanol–water partition coefficient (Wildman–Crippen LogP) is 3.92. The van der Waals surface area contributed by atoms with Gasteiger partial charge in [0, 0.05) is 0 Å². The van der Waals surface area contributed by atoms with Crippen LogP contribution in [0.3, 0.4) is 0 Å². The second kappa shape index (κ2) is 4.41. The van der Waals surface area contributed by atoms with Crippen LogP contribution in [0.25, 0.3) is 0 Å². The molecule has 0 aromatic heterocycles. The van der Waals surface area contributed by atoms with Gasteiger partial charge in [-0.15, -0.1) is 0 Å². The van der Waals surface area contributed by atoms with E-state index in [4.69, 9.17) is 4.99 Å². The number of hydrogen-bond acceptors (Lipinski definition) is 1. The molecule has 1 aliphatic heterocycles. The van der Waals surface area contributed by atoms with Crippen molar-refractivity contribution in [2.24, 2.45) is 4.99 Å². The van der Waals surface area contributed by atoms with Gasteiger partial charge in [0.25, 0.3) is 0 Å². The van der Waals surface area contributed by atoms with Crippen molar-refractivity contribution in [1.82, 2.24) is 0 Å². The zero-order chi connectivity index (χ0) is 12.5. The summed E-state index contributed by atoms with van der Waals surface area (Å²) in [6.07, 6.45) is 11.8. The molecule has 1 aromatic carbocycles.